The first-order valence-electron chi connectivity index (χ1n) is 31.4. The minimum atomic E-state index is -2.36. The van der Waals surface area contributed by atoms with E-state index in [4.69, 9.17) is 33.2 Å². The van der Waals surface area contributed by atoms with Crippen LogP contribution in [0.15, 0.2) is 23.8 Å². The number of aliphatic hydroxyl groups excluding tert-OH is 3. The summed E-state index contributed by atoms with van der Waals surface area (Å²) in [4.78, 5) is 57.2. The number of alkyl halides is 2. The second kappa shape index (κ2) is 26.5. The zero-order chi connectivity index (χ0) is 64.2. The summed E-state index contributed by atoms with van der Waals surface area (Å²) in [5.74, 6) is -6.73. The van der Waals surface area contributed by atoms with Crippen molar-refractivity contribution in [3.8, 4) is 0 Å². The first-order chi connectivity index (χ1) is 39.9. The number of halogens is 2. The maximum atomic E-state index is 17.7. The Kier molecular flexibility index (Phi) is 21.6. The van der Waals surface area contributed by atoms with E-state index in [2.05, 4.69) is 16.0 Å². The predicted octanol–water partition coefficient (Wildman–Crippen LogP) is 4.48. The van der Waals surface area contributed by atoms with Gasteiger partial charge in [-0.25, -0.2) is 13.6 Å². The number of hydrogen-bond donors (Lipinski definition) is 9. The number of likely N-dealkylation sites (N-methyl/N-ethyl adjacent to an activating group) is 2. The maximum absolute atomic E-state index is 17.7. The quantitative estimate of drug-likeness (QED) is 0.0856. The molecule has 7 aliphatic rings. The average Bonchev–Trinajstić information content (AvgIpc) is 1.30. The number of rotatable bonds is 14. The number of allylic oxidation sites excluding steroid dienone is 4. The van der Waals surface area contributed by atoms with Crippen molar-refractivity contribution in [3.05, 3.63) is 23.8 Å². The second-order valence-corrected chi connectivity index (χ2v) is 28.1. The molecule has 0 aromatic rings. The Labute approximate surface area is 507 Å². The first kappa shape index (κ1) is 70.2. The molecular weight excluding hydrogens is 1120 g/mol. The summed E-state index contributed by atoms with van der Waals surface area (Å²) in [5, 5.41) is 81.2. The lowest BCUT2D eigenvalue weighted by molar-refractivity contribution is -0.316. The molecule has 4 aliphatic carbocycles. The minimum absolute atomic E-state index is 0.0107. The van der Waals surface area contributed by atoms with E-state index in [-0.39, 0.29) is 69.2 Å². The molecule has 5 unspecified atom stereocenters. The van der Waals surface area contributed by atoms with Crippen LogP contribution >= 0.6 is 0 Å². The van der Waals surface area contributed by atoms with Gasteiger partial charge in [0.1, 0.15) is 30.1 Å². The summed E-state index contributed by atoms with van der Waals surface area (Å²) in [6, 6.07) is -1.14. The van der Waals surface area contributed by atoms with Crippen LogP contribution in [0.1, 0.15) is 148 Å². The molecule has 492 valence electrons. The summed E-state index contributed by atoms with van der Waals surface area (Å²) >= 11 is 0. The smallest absolute Gasteiger partial charge is 0.407 e. The van der Waals surface area contributed by atoms with E-state index in [0.29, 0.717) is 25.8 Å². The largest absolute Gasteiger partial charge is 0.459 e. The Balaban J connectivity index is 1.06. The number of esters is 1. The molecular formula is C63H104F2N4O17. The number of carbonyl (C=O) groups excluding carboxylic acids is 4. The van der Waals surface area contributed by atoms with Crippen molar-refractivity contribution in [2.24, 2.45) is 46.3 Å². The van der Waals surface area contributed by atoms with Crippen molar-refractivity contribution in [1.29, 1.82) is 0 Å². The van der Waals surface area contributed by atoms with Crippen LogP contribution in [0, 0.1) is 46.3 Å². The highest BCUT2D eigenvalue weighted by molar-refractivity contribution is 6.01. The second-order valence-electron chi connectivity index (χ2n) is 28.1. The fraction of sp³-hybridized carbons (Fsp3) is 0.873. The fourth-order valence-electron chi connectivity index (χ4n) is 16.7. The standard InChI is InChI=1S/C63H104F2N4O17/c1-17-46-61(13,78)52(86-56(76)68-23-19-18-22-67-55(75)63(79)33(3)24-40-41-27-43(64)42-26-39(70)20-21-57(42,9)62(41,65)45(71)29-58(40,63)10)37(7)69(15)31-32(2)28-59(11,77)51(85-54-48(72)44(66-14)25-34(4)81-54)35(5)49(36(6)53(74)83-46)84-47-30-60(12,80-16)50(73)38(8)82-47/h20-21,26,32-38,40-41,43-52,54,66,71-73,77-79H,17-19,22-25,27-31H2,1-16H3,(H,67,75)(H,68,76)/t32-,33-,34-,35+,36-,37-,38+,40?,41?,43+,44+,45+,46-,47?,48-,49+,50+,51-,52?,54?,57+,58+,59-,60-,61-,62+,63+/m1/s1. The van der Waals surface area contributed by atoms with Gasteiger partial charge in [-0.1, -0.05) is 40.7 Å². The molecule has 6 fully saturated rings. The number of amides is 2. The zero-order valence-corrected chi connectivity index (χ0v) is 53.6. The number of unbranched alkanes of at least 4 members (excludes halogenated alkanes) is 1. The van der Waals surface area contributed by atoms with Crippen molar-refractivity contribution < 1.29 is 91.8 Å². The van der Waals surface area contributed by atoms with E-state index in [1.165, 1.54) is 33.1 Å². The van der Waals surface area contributed by atoms with E-state index >= 15 is 8.78 Å². The number of ketones is 1. The van der Waals surface area contributed by atoms with Crippen LogP contribution in [0.25, 0.3) is 0 Å². The number of methoxy groups -OCH3 is 1. The summed E-state index contributed by atoms with van der Waals surface area (Å²) in [5.41, 5.74) is -12.2. The Hall–Kier alpha value is -3.30. The number of hydrogen-bond acceptors (Lipinski definition) is 19. The Morgan fingerprint density at radius 2 is 1.51 bits per heavy atom. The normalized spacial score (nSPS) is 48.8. The van der Waals surface area contributed by atoms with E-state index in [9.17, 15) is 49.8 Å². The molecule has 3 saturated heterocycles. The van der Waals surface area contributed by atoms with Crippen LogP contribution in [0.3, 0.4) is 0 Å². The summed E-state index contributed by atoms with van der Waals surface area (Å²) in [7, 11) is 5.00. The number of nitrogens with zero attached hydrogens (tertiary/aromatic N) is 1. The van der Waals surface area contributed by atoms with Gasteiger partial charge in [0.25, 0.3) is 5.91 Å². The molecule has 0 aromatic heterocycles. The molecule has 3 aliphatic heterocycles. The lowest BCUT2D eigenvalue weighted by atomic mass is 9.44. The average molecular weight is 1230 g/mol. The highest BCUT2D eigenvalue weighted by Gasteiger charge is 2.77. The van der Waals surface area contributed by atoms with Gasteiger partial charge < -0.3 is 79.7 Å². The fourth-order valence-corrected chi connectivity index (χ4v) is 16.7. The number of aliphatic hydroxyl groups is 6. The summed E-state index contributed by atoms with van der Waals surface area (Å²) in [6.07, 6.45) is -10.0. The van der Waals surface area contributed by atoms with Gasteiger partial charge in [0, 0.05) is 67.9 Å². The highest BCUT2D eigenvalue weighted by atomic mass is 19.1. The number of nitrogens with one attached hydrogen (secondary N) is 3. The molecule has 3 heterocycles. The molecule has 3 saturated carbocycles. The topological polar surface area (TPSA) is 294 Å². The third-order valence-corrected chi connectivity index (χ3v) is 21.9. The summed E-state index contributed by atoms with van der Waals surface area (Å²) in [6.45, 7) is 22.4. The van der Waals surface area contributed by atoms with Crippen molar-refractivity contribution in [2.45, 2.75) is 262 Å². The van der Waals surface area contributed by atoms with Gasteiger partial charge in [-0.05, 0) is 156 Å². The van der Waals surface area contributed by atoms with Crippen LogP contribution in [0.4, 0.5) is 13.6 Å². The van der Waals surface area contributed by atoms with Crippen LogP contribution < -0.4 is 16.0 Å². The monoisotopic (exact) mass is 1230 g/mol. The SMILES string of the molecule is CC[C@H]1OC(=O)[C@H](C)[C@@H](OC2C[C@@](C)(OC)[C@@H](O)[C@H](C)O2)[C@H](C)[C@@H](OC2O[C@H](C)C[C@H](NC)[C@H]2O)[C@](C)(O)C[C@@H](C)CN(C)[C@H](C)C(OC(=O)NCCCCNC(=O)[C@@]2(O)[C@H](C)CC3C4C[C@H](F)C5=CC(=O)C=C[C@]5(C)[C@@]4(F)[C@@H](O)C[C@@]32C)[C@]1(C)O. The third kappa shape index (κ3) is 12.9. The molecule has 27 atom stereocenters. The molecule has 9 N–H and O–H groups in total. The highest BCUT2D eigenvalue weighted by Crippen LogP contribution is 2.71. The molecule has 7 rings (SSSR count). The molecule has 21 nitrogen and oxygen atoms in total. The Morgan fingerprint density at radius 1 is 0.860 bits per heavy atom. The van der Waals surface area contributed by atoms with Crippen LogP contribution in [-0.2, 0) is 47.5 Å². The third-order valence-electron chi connectivity index (χ3n) is 21.9. The van der Waals surface area contributed by atoms with Crippen LogP contribution in [0.5, 0.6) is 0 Å². The first-order valence-corrected chi connectivity index (χ1v) is 31.4. The van der Waals surface area contributed by atoms with Crippen molar-refractivity contribution >= 4 is 23.8 Å². The molecule has 86 heavy (non-hydrogen) atoms. The molecule has 0 radical (unpaired) electrons. The number of carbonyl (C=O) groups is 4. The maximum Gasteiger partial charge on any atom is 0.407 e. The zero-order valence-electron chi connectivity index (χ0n) is 53.6. The lowest BCUT2D eigenvalue weighted by Crippen LogP contribution is -2.71. The Bertz CT molecular complexity index is 2480. The minimum Gasteiger partial charge on any atom is -0.459 e. The lowest BCUT2D eigenvalue weighted by Gasteiger charge is -2.63. The van der Waals surface area contributed by atoms with Gasteiger partial charge in [-0.3, -0.25) is 19.3 Å². The van der Waals surface area contributed by atoms with Gasteiger partial charge >= 0.3 is 12.1 Å². The van der Waals surface area contributed by atoms with Gasteiger partial charge in [-0.15, -0.1) is 0 Å². The van der Waals surface area contributed by atoms with Crippen molar-refractivity contribution in [2.75, 3.05) is 40.8 Å². The number of ether oxygens (including phenoxy) is 7. The van der Waals surface area contributed by atoms with E-state index in [1.807, 2.05) is 18.7 Å². The van der Waals surface area contributed by atoms with Crippen molar-refractivity contribution in [1.82, 2.24) is 20.9 Å². The Morgan fingerprint density at radius 3 is 2.14 bits per heavy atom. The number of fused-ring (bicyclic) bond motifs is 5. The van der Waals surface area contributed by atoms with E-state index < -0.39 is 172 Å². The van der Waals surface area contributed by atoms with Gasteiger partial charge in [0.2, 0.25) is 0 Å². The predicted molar refractivity (Wildman–Crippen MR) is 312 cm³/mol. The van der Waals surface area contributed by atoms with E-state index in [0.717, 1.165) is 6.08 Å². The summed E-state index contributed by atoms with van der Waals surface area (Å²) < 4.78 is 78.0. The molecule has 0 spiro atoms. The molecule has 2 amide bonds. The van der Waals surface area contributed by atoms with Crippen LogP contribution in [0.2, 0.25) is 0 Å². The van der Waals surface area contributed by atoms with Gasteiger partial charge in [-0.2, -0.15) is 0 Å². The van der Waals surface area contributed by atoms with Crippen LogP contribution in [-0.4, -0.2) is 214 Å². The number of cyclic esters (lactones) is 1. The van der Waals surface area contributed by atoms with Gasteiger partial charge in [0.05, 0.1) is 47.6 Å². The van der Waals surface area contributed by atoms with Crippen molar-refractivity contribution in [3.63, 3.8) is 0 Å². The van der Waals surface area contributed by atoms with E-state index in [1.54, 1.807) is 76.4 Å². The van der Waals surface area contributed by atoms with Gasteiger partial charge in [0.15, 0.2) is 35.7 Å². The molecule has 23 heteroatoms. The molecule has 0 bridgehead atoms. The number of alkyl carbamates (subject to hydrolysis) is 1. The molecule has 0 aromatic carbocycles.